The Hall–Kier alpha value is -2.12. The second kappa shape index (κ2) is 12.4. The number of ether oxygens (including phenoxy) is 2. The third-order valence-corrected chi connectivity index (χ3v) is 4.49. The zero-order valence-electron chi connectivity index (χ0n) is 17.7. The van der Waals surface area contributed by atoms with Crippen LogP contribution in [0.4, 0.5) is 0 Å². The number of hydrogen-bond donors (Lipinski definition) is 4. The van der Waals surface area contributed by atoms with Gasteiger partial charge < -0.3 is 29.9 Å². The lowest BCUT2D eigenvalue weighted by Crippen LogP contribution is -2.19. The summed E-state index contributed by atoms with van der Waals surface area (Å²) < 4.78 is 10.8. The van der Waals surface area contributed by atoms with Gasteiger partial charge in [0.15, 0.2) is 12.6 Å². The zero-order valence-corrected chi connectivity index (χ0v) is 17.7. The van der Waals surface area contributed by atoms with E-state index in [2.05, 4.69) is 13.8 Å². The average molecular weight is 407 g/mol. The molecule has 6 nitrogen and oxygen atoms in total. The number of aliphatic hydroxyl groups excluding tert-OH is 4. The molecule has 0 saturated heterocycles. The summed E-state index contributed by atoms with van der Waals surface area (Å²) in [6, 6.07) is 15.6. The molecule has 0 aliphatic rings. The predicted molar refractivity (Wildman–Crippen MR) is 113 cm³/mol. The Bertz CT molecular complexity index is 622. The SMILES string of the molecule is CCC(O)Oc1ccc(C(C)(C)c2ccc(OC(O)CC)cc2)cc1.OCCO. The van der Waals surface area contributed by atoms with Gasteiger partial charge >= 0.3 is 0 Å². The molecule has 0 aromatic heterocycles. The van der Waals surface area contributed by atoms with E-state index in [4.69, 9.17) is 19.7 Å². The van der Waals surface area contributed by atoms with Crippen molar-refractivity contribution in [2.24, 2.45) is 0 Å². The van der Waals surface area contributed by atoms with Crippen LogP contribution in [0, 0.1) is 0 Å². The largest absolute Gasteiger partial charge is 0.465 e. The van der Waals surface area contributed by atoms with E-state index in [-0.39, 0.29) is 18.6 Å². The van der Waals surface area contributed by atoms with Crippen LogP contribution >= 0.6 is 0 Å². The van der Waals surface area contributed by atoms with Gasteiger partial charge in [0, 0.05) is 18.3 Å². The van der Waals surface area contributed by atoms with Gasteiger partial charge in [-0.05, 0) is 35.4 Å². The topological polar surface area (TPSA) is 99.4 Å². The number of rotatable bonds is 9. The van der Waals surface area contributed by atoms with E-state index in [1.807, 2.05) is 62.4 Å². The minimum absolute atomic E-state index is 0.125. The Labute approximate surface area is 173 Å². The molecule has 2 rings (SSSR count). The molecule has 0 fully saturated rings. The fourth-order valence-electron chi connectivity index (χ4n) is 2.55. The van der Waals surface area contributed by atoms with Crippen molar-refractivity contribution >= 4 is 0 Å². The van der Waals surface area contributed by atoms with Crippen LogP contribution in [0.3, 0.4) is 0 Å². The maximum Gasteiger partial charge on any atom is 0.197 e. The third kappa shape index (κ3) is 8.03. The summed E-state index contributed by atoms with van der Waals surface area (Å²) in [6.07, 6.45) is -0.447. The lowest BCUT2D eigenvalue weighted by Gasteiger charge is -2.27. The molecule has 2 atom stereocenters. The maximum atomic E-state index is 9.57. The van der Waals surface area contributed by atoms with Crippen molar-refractivity contribution < 1.29 is 29.9 Å². The summed E-state index contributed by atoms with van der Waals surface area (Å²) >= 11 is 0. The molecule has 0 radical (unpaired) electrons. The van der Waals surface area contributed by atoms with Gasteiger partial charge in [-0.2, -0.15) is 0 Å². The number of hydrogen-bond acceptors (Lipinski definition) is 6. The van der Waals surface area contributed by atoms with E-state index in [1.54, 1.807) is 0 Å². The normalized spacial score (nSPS) is 13.1. The highest BCUT2D eigenvalue weighted by atomic mass is 16.6. The average Bonchev–Trinajstić information content (AvgIpc) is 2.74. The molecule has 0 amide bonds. The van der Waals surface area contributed by atoms with Gasteiger partial charge in [-0.25, -0.2) is 0 Å². The standard InChI is InChI=1S/C21H28O4.C2H6O2/c1-5-19(22)24-17-11-7-15(8-12-17)21(3,4)16-9-13-18(14-10-16)25-20(23)6-2;3-1-2-4/h7-14,19-20,22-23H,5-6H2,1-4H3;3-4H,1-2H2. The van der Waals surface area contributed by atoms with Gasteiger partial charge in [-0.1, -0.05) is 52.0 Å². The summed E-state index contributed by atoms with van der Waals surface area (Å²) in [5.74, 6) is 1.32. The summed E-state index contributed by atoms with van der Waals surface area (Å²) in [5, 5.41) is 34.4. The molecular formula is C23H34O6. The first kappa shape index (κ1) is 24.9. The van der Waals surface area contributed by atoms with Crippen molar-refractivity contribution in [3.05, 3.63) is 59.7 Å². The van der Waals surface area contributed by atoms with Crippen molar-refractivity contribution in [2.75, 3.05) is 13.2 Å². The first-order valence-corrected chi connectivity index (χ1v) is 9.90. The molecule has 2 aromatic carbocycles. The van der Waals surface area contributed by atoms with Crippen LogP contribution < -0.4 is 9.47 Å². The van der Waals surface area contributed by atoms with Gasteiger partial charge in [0.05, 0.1) is 13.2 Å². The van der Waals surface area contributed by atoms with Gasteiger partial charge in [-0.15, -0.1) is 0 Å². The highest BCUT2D eigenvalue weighted by molar-refractivity contribution is 5.41. The Balaban J connectivity index is 0.000000960. The van der Waals surface area contributed by atoms with E-state index in [1.165, 1.54) is 0 Å². The molecule has 0 heterocycles. The molecular weight excluding hydrogens is 372 g/mol. The monoisotopic (exact) mass is 406 g/mol. The van der Waals surface area contributed by atoms with E-state index in [9.17, 15) is 10.2 Å². The Morgan fingerprint density at radius 3 is 1.24 bits per heavy atom. The van der Waals surface area contributed by atoms with Crippen LogP contribution in [0.15, 0.2) is 48.5 Å². The second-order valence-electron chi connectivity index (χ2n) is 7.08. The van der Waals surface area contributed by atoms with Crippen LogP contribution in [-0.2, 0) is 5.41 Å². The van der Waals surface area contributed by atoms with Crippen LogP contribution in [0.25, 0.3) is 0 Å². The van der Waals surface area contributed by atoms with Crippen molar-refractivity contribution in [2.45, 2.75) is 58.5 Å². The summed E-state index contributed by atoms with van der Waals surface area (Å²) in [6.45, 7) is 7.80. The summed E-state index contributed by atoms with van der Waals surface area (Å²) in [5.41, 5.74) is 2.10. The molecule has 2 unspecified atom stereocenters. The highest BCUT2D eigenvalue weighted by Gasteiger charge is 2.23. The Kier molecular flexibility index (Phi) is 10.7. The smallest absolute Gasteiger partial charge is 0.197 e. The second-order valence-corrected chi connectivity index (χ2v) is 7.08. The van der Waals surface area contributed by atoms with Gasteiger partial charge in [-0.3, -0.25) is 0 Å². The Morgan fingerprint density at radius 2 is 1.00 bits per heavy atom. The molecule has 0 aliphatic heterocycles. The fraction of sp³-hybridized carbons (Fsp3) is 0.478. The number of benzene rings is 2. The zero-order chi connectivity index (χ0) is 21.9. The van der Waals surface area contributed by atoms with Crippen molar-refractivity contribution in [1.29, 1.82) is 0 Å². The Morgan fingerprint density at radius 1 is 0.690 bits per heavy atom. The van der Waals surface area contributed by atoms with Gasteiger partial charge in [0.2, 0.25) is 0 Å². The maximum absolute atomic E-state index is 9.57. The van der Waals surface area contributed by atoms with Crippen molar-refractivity contribution in [1.82, 2.24) is 0 Å². The van der Waals surface area contributed by atoms with Gasteiger partial charge in [0.1, 0.15) is 11.5 Å². The van der Waals surface area contributed by atoms with Crippen molar-refractivity contribution in [3.63, 3.8) is 0 Å². The van der Waals surface area contributed by atoms with Crippen LogP contribution in [0.5, 0.6) is 11.5 Å². The van der Waals surface area contributed by atoms with Crippen molar-refractivity contribution in [3.8, 4) is 11.5 Å². The van der Waals surface area contributed by atoms with Crippen LogP contribution in [-0.4, -0.2) is 46.2 Å². The predicted octanol–water partition coefficient (Wildman–Crippen LogP) is 3.20. The molecule has 29 heavy (non-hydrogen) atoms. The number of aliphatic hydroxyl groups is 4. The lowest BCUT2D eigenvalue weighted by atomic mass is 9.78. The molecule has 162 valence electrons. The third-order valence-electron chi connectivity index (χ3n) is 4.49. The van der Waals surface area contributed by atoms with Gasteiger partial charge in [0.25, 0.3) is 0 Å². The molecule has 0 saturated carbocycles. The van der Waals surface area contributed by atoms with E-state index < -0.39 is 12.6 Å². The first-order chi connectivity index (χ1) is 13.8. The molecule has 4 N–H and O–H groups in total. The minimum atomic E-state index is -0.773. The molecule has 0 aliphatic carbocycles. The lowest BCUT2D eigenvalue weighted by molar-refractivity contribution is -0.0196. The van der Waals surface area contributed by atoms with Crippen LogP contribution in [0.2, 0.25) is 0 Å². The molecule has 2 aromatic rings. The minimum Gasteiger partial charge on any atom is -0.465 e. The molecule has 0 spiro atoms. The quantitative estimate of drug-likeness (QED) is 0.477. The summed E-state index contributed by atoms with van der Waals surface area (Å²) in [4.78, 5) is 0. The molecule has 0 bridgehead atoms. The van der Waals surface area contributed by atoms with E-state index in [0.29, 0.717) is 24.3 Å². The first-order valence-electron chi connectivity index (χ1n) is 9.90. The highest BCUT2D eigenvalue weighted by Crippen LogP contribution is 2.33. The van der Waals surface area contributed by atoms with E-state index >= 15 is 0 Å². The fourth-order valence-corrected chi connectivity index (χ4v) is 2.55. The van der Waals surface area contributed by atoms with E-state index in [0.717, 1.165) is 11.1 Å². The van der Waals surface area contributed by atoms with Crippen LogP contribution in [0.1, 0.15) is 51.7 Å². The molecule has 6 heteroatoms. The summed E-state index contributed by atoms with van der Waals surface area (Å²) in [7, 11) is 0.